The van der Waals surface area contributed by atoms with Gasteiger partial charge in [0, 0.05) is 42.1 Å². The van der Waals surface area contributed by atoms with Gasteiger partial charge in [-0.2, -0.15) is 0 Å². The number of esters is 2. The second kappa shape index (κ2) is 6.96. The molecule has 6 atom stereocenters. The van der Waals surface area contributed by atoms with Crippen molar-refractivity contribution in [2.75, 3.05) is 32.6 Å². The molecule has 0 bridgehead atoms. The number of methoxy groups -OCH3 is 2. The summed E-state index contributed by atoms with van der Waals surface area (Å²) in [6.45, 7) is 4.91. The van der Waals surface area contributed by atoms with Crippen molar-refractivity contribution in [3.63, 3.8) is 0 Å². The lowest BCUT2D eigenvalue weighted by Crippen LogP contribution is -2.80. The lowest BCUT2D eigenvalue weighted by Gasteiger charge is -2.62. The van der Waals surface area contributed by atoms with Crippen molar-refractivity contribution in [3.8, 4) is 5.75 Å². The third-order valence-corrected chi connectivity index (χ3v) is 8.22. The van der Waals surface area contributed by atoms with Crippen LogP contribution >= 0.6 is 0 Å². The first-order valence-corrected chi connectivity index (χ1v) is 11.1. The number of hydrogen-bond donors (Lipinski definition) is 2. The standard InChI is InChI=1S/C24H30N2O6/c1-5-22-9-6-11-26-12-10-23(19(22)26)16-8-7-15(30-3)13-17(16)25-18(23)24(29,21(28)31-4)20(22)32-14(2)27/h6-9,13,18-20,25,29H,5,10-12H2,1-4H3/t18-,19+,20-,22-,23+,24+/m1/s1. The quantitative estimate of drug-likeness (QED) is 0.536. The van der Waals surface area contributed by atoms with E-state index in [4.69, 9.17) is 14.2 Å². The molecule has 3 aliphatic heterocycles. The zero-order chi connectivity index (χ0) is 22.9. The molecule has 32 heavy (non-hydrogen) atoms. The number of benzene rings is 1. The summed E-state index contributed by atoms with van der Waals surface area (Å²) < 4.78 is 16.4. The van der Waals surface area contributed by atoms with Crippen LogP contribution in [0.2, 0.25) is 0 Å². The van der Waals surface area contributed by atoms with Gasteiger partial charge in [0.25, 0.3) is 0 Å². The number of fused-ring (bicyclic) bond motifs is 1. The summed E-state index contributed by atoms with van der Waals surface area (Å²) in [6.07, 6.45) is 4.35. The predicted molar refractivity (Wildman–Crippen MR) is 116 cm³/mol. The largest absolute Gasteiger partial charge is 0.497 e. The van der Waals surface area contributed by atoms with Crippen molar-refractivity contribution >= 4 is 17.6 Å². The van der Waals surface area contributed by atoms with Crippen molar-refractivity contribution in [3.05, 3.63) is 35.9 Å². The molecule has 1 saturated heterocycles. The second-order valence-corrected chi connectivity index (χ2v) is 9.35. The van der Waals surface area contributed by atoms with E-state index >= 15 is 0 Å². The number of nitrogens with one attached hydrogen (secondary N) is 1. The van der Waals surface area contributed by atoms with E-state index in [1.165, 1.54) is 14.0 Å². The molecular formula is C24H30N2O6. The lowest BCUT2D eigenvalue weighted by molar-refractivity contribution is -0.226. The lowest BCUT2D eigenvalue weighted by atomic mass is 9.48. The predicted octanol–water partition coefficient (Wildman–Crippen LogP) is 1.62. The fourth-order valence-electron chi connectivity index (χ4n) is 7.18. The summed E-state index contributed by atoms with van der Waals surface area (Å²) in [4.78, 5) is 28.0. The molecule has 1 spiro atoms. The van der Waals surface area contributed by atoms with Crippen LogP contribution in [0.5, 0.6) is 5.75 Å². The smallest absolute Gasteiger partial charge is 0.344 e. The molecule has 172 valence electrons. The van der Waals surface area contributed by atoms with E-state index in [9.17, 15) is 14.7 Å². The SMILES string of the molecule is CC[C@]12C=CCN3CC[C@@]4(c5ccc(OC)cc5N[C@H]4[C@@](O)(C(=O)OC)[C@@H]1OC(C)=O)[C@@H]32. The molecular weight excluding hydrogens is 412 g/mol. The minimum Gasteiger partial charge on any atom is -0.497 e. The highest BCUT2D eigenvalue weighted by atomic mass is 16.6. The highest BCUT2D eigenvalue weighted by Gasteiger charge is 2.79. The molecule has 1 aliphatic carbocycles. The Morgan fingerprint density at radius 3 is 2.75 bits per heavy atom. The number of anilines is 1. The molecule has 8 heteroatoms. The molecule has 5 rings (SSSR count). The number of aliphatic hydroxyl groups is 1. The maximum absolute atomic E-state index is 13.3. The fraction of sp³-hybridized carbons (Fsp3) is 0.583. The monoisotopic (exact) mass is 442 g/mol. The Morgan fingerprint density at radius 2 is 2.09 bits per heavy atom. The number of hydrogen-bond acceptors (Lipinski definition) is 8. The third-order valence-electron chi connectivity index (χ3n) is 8.22. The van der Waals surface area contributed by atoms with Crippen LogP contribution in [0.15, 0.2) is 30.4 Å². The molecule has 3 heterocycles. The average molecular weight is 443 g/mol. The number of carbonyl (C=O) groups is 2. The minimum absolute atomic E-state index is 0.0635. The minimum atomic E-state index is -2.09. The topological polar surface area (TPSA) is 97.3 Å². The number of ether oxygens (including phenoxy) is 3. The second-order valence-electron chi connectivity index (χ2n) is 9.35. The first-order valence-electron chi connectivity index (χ1n) is 11.1. The molecule has 2 fully saturated rings. The molecule has 0 unspecified atom stereocenters. The Bertz CT molecular complexity index is 1010. The highest BCUT2D eigenvalue weighted by Crippen LogP contribution is 2.66. The van der Waals surface area contributed by atoms with Crippen LogP contribution in [0.1, 0.15) is 32.3 Å². The van der Waals surface area contributed by atoms with Gasteiger partial charge >= 0.3 is 11.9 Å². The van der Waals surface area contributed by atoms with E-state index in [1.807, 2.05) is 25.1 Å². The Morgan fingerprint density at radius 1 is 1.31 bits per heavy atom. The summed E-state index contributed by atoms with van der Waals surface area (Å²) in [6, 6.07) is 5.06. The molecule has 0 radical (unpaired) electrons. The van der Waals surface area contributed by atoms with Gasteiger partial charge in [0.2, 0.25) is 5.60 Å². The number of carbonyl (C=O) groups excluding carboxylic acids is 2. The van der Waals surface area contributed by atoms with E-state index in [0.29, 0.717) is 12.2 Å². The van der Waals surface area contributed by atoms with Crippen LogP contribution in [0.4, 0.5) is 5.69 Å². The van der Waals surface area contributed by atoms with E-state index < -0.39 is 40.5 Å². The average Bonchev–Trinajstić information content (AvgIpc) is 3.35. The molecule has 4 aliphatic rings. The molecule has 8 nitrogen and oxygen atoms in total. The summed E-state index contributed by atoms with van der Waals surface area (Å²) in [5.41, 5.74) is -1.55. The van der Waals surface area contributed by atoms with Crippen molar-refractivity contribution in [1.29, 1.82) is 0 Å². The van der Waals surface area contributed by atoms with E-state index in [1.54, 1.807) is 7.11 Å². The Kier molecular flexibility index (Phi) is 4.63. The molecule has 1 saturated carbocycles. The van der Waals surface area contributed by atoms with E-state index in [-0.39, 0.29) is 6.04 Å². The first-order chi connectivity index (χ1) is 15.3. The van der Waals surface area contributed by atoms with Gasteiger partial charge in [-0.05, 0) is 31.0 Å². The van der Waals surface area contributed by atoms with Gasteiger partial charge in [0.05, 0.1) is 20.3 Å². The van der Waals surface area contributed by atoms with E-state index in [0.717, 1.165) is 30.8 Å². The zero-order valence-electron chi connectivity index (χ0n) is 18.9. The third kappa shape index (κ3) is 2.34. The van der Waals surface area contributed by atoms with E-state index in [2.05, 4.69) is 22.4 Å². The van der Waals surface area contributed by atoms with Gasteiger partial charge in [0.15, 0.2) is 6.10 Å². The molecule has 0 amide bonds. The molecule has 1 aromatic rings. The van der Waals surface area contributed by atoms with Gasteiger partial charge in [-0.25, -0.2) is 4.79 Å². The van der Waals surface area contributed by atoms with Crippen LogP contribution < -0.4 is 10.1 Å². The van der Waals surface area contributed by atoms with Crippen LogP contribution in [-0.2, 0) is 24.5 Å². The van der Waals surface area contributed by atoms with Crippen LogP contribution in [0.25, 0.3) is 0 Å². The van der Waals surface area contributed by atoms with Crippen LogP contribution in [0.3, 0.4) is 0 Å². The Labute approximate surface area is 187 Å². The van der Waals surface area contributed by atoms with Gasteiger partial charge < -0.3 is 24.6 Å². The van der Waals surface area contributed by atoms with Gasteiger partial charge in [-0.3, -0.25) is 9.69 Å². The Hall–Kier alpha value is -2.58. The van der Waals surface area contributed by atoms with Crippen LogP contribution in [-0.4, -0.2) is 73.0 Å². The Balaban J connectivity index is 1.82. The normalized spacial score (nSPS) is 38.8. The highest BCUT2D eigenvalue weighted by molar-refractivity contribution is 5.86. The van der Waals surface area contributed by atoms with Crippen LogP contribution in [0, 0.1) is 5.41 Å². The summed E-state index contributed by atoms with van der Waals surface area (Å²) in [7, 11) is 2.86. The molecule has 2 N–H and O–H groups in total. The van der Waals surface area contributed by atoms with Crippen molar-refractivity contribution in [1.82, 2.24) is 4.90 Å². The maximum Gasteiger partial charge on any atom is 0.344 e. The number of rotatable bonds is 4. The first kappa shape index (κ1) is 21.3. The van der Waals surface area contributed by atoms with Crippen molar-refractivity contribution < 1.29 is 28.9 Å². The summed E-state index contributed by atoms with van der Waals surface area (Å²) >= 11 is 0. The molecule has 0 aromatic heterocycles. The van der Waals surface area contributed by atoms with Crippen molar-refractivity contribution in [2.45, 2.75) is 55.9 Å². The van der Waals surface area contributed by atoms with Gasteiger partial charge in [-0.15, -0.1) is 0 Å². The van der Waals surface area contributed by atoms with Gasteiger partial charge in [0.1, 0.15) is 5.75 Å². The zero-order valence-corrected chi connectivity index (χ0v) is 18.9. The summed E-state index contributed by atoms with van der Waals surface area (Å²) in [5.74, 6) is -0.660. The maximum atomic E-state index is 13.3. The summed E-state index contributed by atoms with van der Waals surface area (Å²) in [5, 5.41) is 15.7. The van der Waals surface area contributed by atoms with Gasteiger partial charge in [-0.1, -0.05) is 25.1 Å². The molecule has 1 aromatic carbocycles. The van der Waals surface area contributed by atoms with Crippen molar-refractivity contribution in [2.24, 2.45) is 5.41 Å². The fourth-order valence-corrected chi connectivity index (χ4v) is 7.18. The number of nitrogens with zero attached hydrogens (tertiary/aromatic N) is 1.